The van der Waals surface area contributed by atoms with Crippen LogP contribution in [0.1, 0.15) is 19.4 Å². The number of carbonyl (C=O) groups is 1. The molecule has 0 amide bonds. The Bertz CT molecular complexity index is 3590. The van der Waals surface area contributed by atoms with Gasteiger partial charge in [-0.1, -0.05) is 83.4 Å². The minimum Gasteiger partial charge on any atom is -0.512 e. The van der Waals surface area contributed by atoms with Crippen LogP contribution in [-0.4, -0.2) is 52.0 Å². The van der Waals surface area contributed by atoms with E-state index >= 15 is 0 Å². The topological polar surface area (TPSA) is 105 Å². The van der Waals surface area contributed by atoms with Gasteiger partial charge in [0.15, 0.2) is 5.78 Å². The van der Waals surface area contributed by atoms with Crippen molar-refractivity contribution < 1.29 is 121 Å². The molecule has 10 aromatic rings. The number of hydrogen-bond acceptors (Lipinski definition) is 9. The number of hydrogen-bond donors (Lipinski definition) is 1. The van der Waals surface area contributed by atoms with Crippen LogP contribution >= 0.6 is 0 Å². The second-order valence-electron chi connectivity index (χ2n) is 17.3. The van der Waals surface area contributed by atoms with Crippen molar-refractivity contribution >= 4 is 28.5 Å². The van der Waals surface area contributed by atoms with Crippen LogP contribution in [0.4, 0.5) is 49.1 Å². The number of benzene rings is 6. The number of allylic oxidation sites excluding steroid dienone is 2. The molecule has 0 fully saturated rings. The summed E-state index contributed by atoms with van der Waals surface area (Å²) >= 11 is 0. The van der Waals surface area contributed by atoms with E-state index in [2.05, 4.69) is 73.4 Å². The Kier molecular flexibility index (Phi) is 32.2. The average molecular weight is 1850 g/mol. The summed E-state index contributed by atoms with van der Waals surface area (Å²) in [4.78, 5) is 30.8. The predicted octanol–water partition coefficient (Wildman–Crippen LogP) is 15.9. The number of aliphatic hydroxyl groups is 1. The van der Waals surface area contributed by atoms with Crippen LogP contribution in [0.3, 0.4) is 0 Å². The van der Waals surface area contributed by atoms with E-state index in [1.54, 1.807) is 48.9 Å². The zero-order valence-corrected chi connectivity index (χ0v) is 55.2. The van der Waals surface area contributed by atoms with E-state index in [4.69, 9.17) is 9.84 Å². The van der Waals surface area contributed by atoms with Crippen LogP contribution < -0.4 is 14.5 Å². The Labute approximate surface area is 539 Å². The van der Waals surface area contributed by atoms with E-state index in [0.29, 0.717) is 17.1 Å². The SMILES string of the molecule is CC(=O)C=C(C)O.CN(C)c1ccnc(-c2[c-]cc(F)cc2)c1.COc1ccnc(-c2[c-]cc(F)cc2F)c1.Cc1ccnc(-c2[c-]cc(F)cc2F)c1.Fc1c[c-]c(-c2cc(N(c3ccccc3)c3ccccc3)ccn2)cc1.[Ir].[Ir].[Ir].[Ir]. The average Bonchev–Trinajstić information content (AvgIpc) is 3.58. The first-order valence-electron chi connectivity index (χ1n) is 24.4. The van der Waals surface area contributed by atoms with E-state index in [1.165, 1.54) is 57.5 Å². The van der Waals surface area contributed by atoms with E-state index in [9.17, 15) is 31.1 Å². The molecule has 84 heavy (non-hydrogen) atoms. The largest absolute Gasteiger partial charge is 0.512 e. The Morgan fingerprint density at radius 2 is 0.905 bits per heavy atom. The number of aliphatic hydroxyl groups excluding tert-OH is 1. The van der Waals surface area contributed by atoms with Gasteiger partial charge in [0, 0.05) is 183 Å². The molecular formula is C65H52F6Ir4N6O3-4. The quantitative estimate of drug-likeness (QED) is 0.0620. The normalized spacial score (nSPS) is 9.93. The maximum absolute atomic E-state index is 13.4. The van der Waals surface area contributed by atoms with Gasteiger partial charge in [-0.15, -0.1) is 83.9 Å². The molecule has 0 saturated carbocycles. The Balaban J connectivity index is 0.000000371. The molecule has 0 saturated heterocycles. The van der Waals surface area contributed by atoms with Crippen molar-refractivity contribution in [3.63, 3.8) is 0 Å². The van der Waals surface area contributed by atoms with Gasteiger partial charge in [0.05, 0.1) is 12.9 Å². The third kappa shape index (κ3) is 23.0. The van der Waals surface area contributed by atoms with Crippen LogP contribution in [0.5, 0.6) is 5.75 Å². The number of rotatable bonds is 10. The molecule has 0 atom stereocenters. The van der Waals surface area contributed by atoms with Crippen molar-refractivity contribution in [2.24, 2.45) is 0 Å². The van der Waals surface area contributed by atoms with Crippen LogP contribution in [-0.2, 0) is 85.2 Å². The van der Waals surface area contributed by atoms with Gasteiger partial charge in [0.2, 0.25) is 0 Å². The molecule has 4 heterocycles. The van der Waals surface area contributed by atoms with Gasteiger partial charge in [-0.3, -0.25) is 31.1 Å². The first-order valence-corrected chi connectivity index (χ1v) is 24.4. The smallest absolute Gasteiger partial charge is 0.155 e. The first kappa shape index (κ1) is 72.8. The zero-order valence-electron chi connectivity index (χ0n) is 45.6. The molecule has 0 spiro atoms. The van der Waals surface area contributed by atoms with Gasteiger partial charge in [0.25, 0.3) is 0 Å². The molecule has 1 N–H and O–H groups in total. The van der Waals surface area contributed by atoms with Crippen molar-refractivity contribution in [2.45, 2.75) is 20.8 Å². The molecule has 10 rings (SSSR count). The minimum atomic E-state index is -0.694. The second-order valence-corrected chi connectivity index (χ2v) is 17.3. The summed E-state index contributed by atoms with van der Waals surface area (Å²) in [7, 11) is 5.44. The molecule has 0 aliphatic rings. The molecule has 19 heteroatoms. The van der Waals surface area contributed by atoms with Crippen LogP contribution in [0.25, 0.3) is 45.0 Å². The number of ketones is 1. The number of carbonyl (C=O) groups excluding carboxylic acids is 1. The molecule has 6 aromatic carbocycles. The monoisotopic (exact) mass is 1850 g/mol. The number of aryl methyl sites for hydroxylation is 1. The van der Waals surface area contributed by atoms with Crippen molar-refractivity contribution in [1.82, 2.24) is 19.9 Å². The summed E-state index contributed by atoms with van der Waals surface area (Å²) < 4.78 is 83.1. The first-order chi connectivity index (χ1) is 38.5. The molecule has 4 aromatic heterocycles. The van der Waals surface area contributed by atoms with Crippen molar-refractivity contribution in [3.8, 4) is 50.8 Å². The maximum atomic E-state index is 13.4. The third-order valence-electron chi connectivity index (χ3n) is 10.9. The number of anilines is 4. The Hall–Kier alpha value is -7.29. The van der Waals surface area contributed by atoms with Gasteiger partial charge < -0.3 is 39.6 Å². The molecule has 0 aliphatic heterocycles. The van der Waals surface area contributed by atoms with Gasteiger partial charge in [-0.05, 0) is 98.1 Å². The fraction of sp³-hybridized carbons (Fsp3) is 0.0923. The molecular weight excluding hydrogens is 1800 g/mol. The summed E-state index contributed by atoms with van der Waals surface area (Å²) in [5.74, 6) is -2.73. The van der Waals surface area contributed by atoms with E-state index < -0.39 is 23.3 Å². The zero-order chi connectivity index (χ0) is 57.6. The van der Waals surface area contributed by atoms with Crippen LogP contribution in [0.15, 0.2) is 206 Å². The fourth-order valence-electron chi connectivity index (χ4n) is 7.21. The number of pyridine rings is 4. The van der Waals surface area contributed by atoms with Crippen LogP contribution in [0.2, 0.25) is 0 Å². The number of halogens is 6. The molecule has 0 unspecified atom stereocenters. The maximum Gasteiger partial charge on any atom is 0.155 e. The number of aromatic nitrogens is 4. The molecule has 4 radical (unpaired) electrons. The van der Waals surface area contributed by atoms with Gasteiger partial charge in [-0.2, -0.15) is 0 Å². The molecule has 442 valence electrons. The van der Waals surface area contributed by atoms with Gasteiger partial charge in [0.1, 0.15) is 5.75 Å². The van der Waals surface area contributed by atoms with Crippen molar-refractivity contribution in [2.75, 3.05) is 31.0 Å². The predicted molar refractivity (Wildman–Crippen MR) is 301 cm³/mol. The minimum absolute atomic E-state index is 0. The van der Waals surface area contributed by atoms with E-state index in [0.717, 1.165) is 75.1 Å². The van der Waals surface area contributed by atoms with Crippen molar-refractivity contribution in [3.05, 3.63) is 271 Å². The molecule has 0 bridgehead atoms. The number of methoxy groups -OCH3 is 1. The number of nitrogens with zero attached hydrogens (tertiary/aromatic N) is 6. The number of para-hydroxylation sites is 2. The Morgan fingerprint density at radius 3 is 1.30 bits per heavy atom. The summed E-state index contributed by atoms with van der Waals surface area (Å²) in [6, 6.07) is 58.4. The number of ether oxygens (including phenoxy) is 1. The third-order valence-corrected chi connectivity index (χ3v) is 10.9. The van der Waals surface area contributed by atoms with Crippen LogP contribution in [0, 0.1) is 66.1 Å². The molecule has 9 nitrogen and oxygen atoms in total. The summed E-state index contributed by atoms with van der Waals surface area (Å²) in [6.45, 7) is 4.73. The Morgan fingerprint density at radius 1 is 0.488 bits per heavy atom. The fourth-order valence-corrected chi connectivity index (χ4v) is 7.21. The standard InChI is InChI=1S/C23H16FN2.C13H12FN2.C12H8F2NO.C12H8F2N.C5H8O2.4Ir/c24-19-13-11-18(12-14-19)23-17-22(15-16-25-23)26(20-7-3-1-4-8-20)21-9-5-2-6-10-21;1-16(2)12-7-8-15-13(9-12)10-3-5-11(14)6-4-10;1-16-9-4-5-15-12(7-9)10-3-2-8(13)6-11(10)14;1-8-4-5-15-12(6-8)10-3-2-9(13)7-11(10)14;1-4(6)3-5(2)7;;;;/h1-11,13-17H;3,5-9H,1-2H3;2,4-7H,1H3;2,4-7H,1H3;3,6H,1-2H3;;;;/q4*-1;;;;;. The summed E-state index contributed by atoms with van der Waals surface area (Å²) in [6.07, 6.45) is 7.74. The van der Waals surface area contributed by atoms with Crippen molar-refractivity contribution in [1.29, 1.82) is 0 Å². The van der Waals surface area contributed by atoms with E-state index in [-0.39, 0.29) is 115 Å². The van der Waals surface area contributed by atoms with Gasteiger partial charge in [-0.25, -0.2) is 0 Å². The molecule has 0 aliphatic carbocycles. The van der Waals surface area contributed by atoms with Gasteiger partial charge >= 0.3 is 0 Å². The van der Waals surface area contributed by atoms with E-state index in [1.807, 2.05) is 92.6 Å². The summed E-state index contributed by atoms with van der Waals surface area (Å²) in [5.41, 5.74) is 9.36. The second kappa shape index (κ2) is 37.1. The summed E-state index contributed by atoms with van der Waals surface area (Å²) in [5, 5.41) is 8.36.